The highest BCUT2D eigenvalue weighted by atomic mass is 16.5. The molecule has 1 aliphatic rings. The van der Waals surface area contributed by atoms with Crippen molar-refractivity contribution in [2.45, 2.75) is 0 Å². The molecule has 0 atom stereocenters. The molecule has 0 unspecified atom stereocenters. The first-order valence-corrected chi connectivity index (χ1v) is 7.70. The highest BCUT2D eigenvalue weighted by molar-refractivity contribution is 5.91. The van der Waals surface area contributed by atoms with Gasteiger partial charge in [0.25, 0.3) is 5.91 Å². The second-order valence-electron chi connectivity index (χ2n) is 5.42. The van der Waals surface area contributed by atoms with Gasteiger partial charge in [-0.25, -0.2) is 4.79 Å². The number of amides is 2. The van der Waals surface area contributed by atoms with Gasteiger partial charge in [-0.05, 0) is 36.4 Å². The van der Waals surface area contributed by atoms with Gasteiger partial charge in [-0.2, -0.15) is 0 Å². The zero-order valence-corrected chi connectivity index (χ0v) is 13.4. The van der Waals surface area contributed by atoms with Crippen LogP contribution in [0.2, 0.25) is 0 Å². The summed E-state index contributed by atoms with van der Waals surface area (Å²) < 4.78 is 9.72. The molecule has 3 rings (SSSR count). The summed E-state index contributed by atoms with van der Waals surface area (Å²) in [5, 5.41) is 2.62. The number of furan rings is 1. The summed E-state index contributed by atoms with van der Waals surface area (Å²) >= 11 is 0. The third-order valence-corrected chi connectivity index (χ3v) is 3.96. The van der Waals surface area contributed by atoms with Gasteiger partial charge in [0, 0.05) is 37.6 Å². The molecule has 2 heterocycles. The van der Waals surface area contributed by atoms with Crippen LogP contribution in [0.15, 0.2) is 47.1 Å². The van der Waals surface area contributed by atoms with Gasteiger partial charge in [-0.15, -0.1) is 0 Å². The van der Waals surface area contributed by atoms with Crippen LogP contribution < -0.4 is 10.2 Å². The predicted molar refractivity (Wildman–Crippen MR) is 89.3 cm³/mol. The maximum Gasteiger partial charge on any atom is 0.411 e. The Kier molecular flexibility index (Phi) is 4.69. The molecule has 2 amide bonds. The lowest BCUT2D eigenvalue weighted by atomic mass is 10.2. The molecule has 7 nitrogen and oxygen atoms in total. The van der Waals surface area contributed by atoms with Crippen molar-refractivity contribution in [2.75, 3.05) is 43.5 Å². The van der Waals surface area contributed by atoms with Gasteiger partial charge in [0.05, 0.1) is 13.4 Å². The van der Waals surface area contributed by atoms with Gasteiger partial charge in [0.15, 0.2) is 5.76 Å². The first-order valence-electron chi connectivity index (χ1n) is 7.70. The monoisotopic (exact) mass is 329 g/mol. The third-order valence-electron chi connectivity index (χ3n) is 3.96. The van der Waals surface area contributed by atoms with E-state index >= 15 is 0 Å². The van der Waals surface area contributed by atoms with E-state index in [2.05, 4.69) is 15.0 Å². The van der Waals surface area contributed by atoms with Crippen molar-refractivity contribution in [3.63, 3.8) is 0 Å². The van der Waals surface area contributed by atoms with Gasteiger partial charge in [-0.3, -0.25) is 10.1 Å². The minimum absolute atomic E-state index is 0.0720. The van der Waals surface area contributed by atoms with E-state index in [9.17, 15) is 9.59 Å². The zero-order valence-electron chi connectivity index (χ0n) is 13.4. The predicted octanol–water partition coefficient (Wildman–Crippen LogP) is 2.42. The summed E-state index contributed by atoms with van der Waals surface area (Å²) in [4.78, 5) is 27.4. The Bertz CT molecular complexity index is 689. The molecule has 2 aromatic rings. The Morgan fingerprint density at radius 1 is 1.08 bits per heavy atom. The molecule has 0 spiro atoms. The van der Waals surface area contributed by atoms with Crippen LogP contribution in [-0.2, 0) is 4.74 Å². The average molecular weight is 329 g/mol. The van der Waals surface area contributed by atoms with Crippen molar-refractivity contribution < 1.29 is 18.7 Å². The number of rotatable bonds is 3. The molecular weight excluding hydrogens is 310 g/mol. The summed E-state index contributed by atoms with van der Waals surface area (Å²) in [5.74, 6) is 0.305. The Morgan fingerprint density at radius 3 is 2.38 bits per heavy atom. The van der Waals surface area contributed by atoms with Crippen LogP contribution >= 0.6 is 0 Å². The van der Waals surface area contributed by atoms with Gasteiger partial charge < -0.3 is 19.0 Å². The maximum absolute atomic E-state index is 12.2. The molecule has 0 saturated carbocycles. The first kappa shape index (κ1) is 15.9. The molecule has 0 bridgehead atoms. The number of carbonyl (C=O) groups is 2. The van der Waals surface area contributed by atoms with Crippen molar-refractivity contribution in [3.05, 3.63) is 48.4 Å². The van der Waals surface area contributed by atoms with E-state index in [0.29, 0.717) is 24.5 Å². The fourth-order valence-corrected chi connectivity index (χ4v) is 2.65. The number of hydrogen-bond donors (Lipinski definition) is 1. The highest BCUT2D eigenvalue weighted by Crippen LogP contribution is 2.20. The number of nitrogens with one attached hydrogen (secondary N) is 1. The maximum atomic E-state index is 12.2. The van der Waals surface area contributed by atoms with E-state index in [0.717, 1.165) is 18.8 Å². The third kappa shape index (κ3) is 3.51. The quantitative estimate of drug-likeness (QED) is 0.936. The minimum Gasteiger partial charge on any atom is -0.459 e. The van der Waals surface area contributed by atoms with Gasteiger partial charge in [0.2, 0.25) is 0 Å². The standard InChI is InChI=1S/C17H19N3O4/c1-23-17(22)18-13-4-6-14(7-5-13)19-8-10-20(11-9-19)16(21)15-3-2-12-24-15/h2-7,12H,8-11H2,1H3,(H,18,22). The number of hydrogen-bond acceptors (Lipinski definition) is 5. The SMILES string of the molecule is COC(=O)Nc1ccc(N2CCN(C(=O)c3ccco3)CC2)cc1. The Hall–Kier alpha value is -2.96. The molecule has 7 heteroatoms. The Morgan fingerprint density at radius 2 is 1.79 bits per heavy atom. The van der Waals surface area contributed by atoms with Crippen LogP contribution in [0.1, 0.15) is 10.6 Å². The van der Waals surface area contributed by atoms with E-state index in [1.807, 2.05) is 24.3 Å². The molecule has 24 heavy (non-hydrogen) atoms. The van der Waals surface area contributed by atoms with Gasteiger partial charge >= 0.3 is 6.09 Å². The van der Waals surface area contributed by atoms with Crippen LogP contribution in [0.4, 0.5) is 16.2 Å². The van der Waals surface area contributed by atoms with Crippen LogP contribution in [0.25, 0.3) is 0 Å². The van der Waals surface area contributed by atoms with Crippen molar-refractivity contribution in [2.24, 2.45) is 0 Å². The topological polar surface area (TPSA) is 75.0 Å². The van der Waals surface area contributed by atoms with Crippen molar-refractivity contribution >= 4 is 23.4 Å². The largest absolute Gasteiger partial charge is 0.459 e. The molecule has 1 aromatic carbocycles. The second kappa shape index (κ2) is 7.08. The van der Waals surface area contributed by atoms with Crippen molar-refractivity contribution in [1.82, 2.24) is 4.90 Å². The fraction of sp³-hybridized carbons (Fsp3) is 0.294. The molecule has 0 radical (unpaired) electrons. The van der Waals surface area contributed by atoms with Gasteiger partial charge in [0.1, 0.15) is 0 Å². The average Bonchev–Trinajstić information content (AvgIpc) is 3.16. The number of methoxy groups -OCH3 is 1. The Balaban J connectivity index is 1.56. The van der Waals surface area contributed by atoms with E-state index in [4.69, 9.17) is 4.42 Å². The van der Waals surface area contributed by atoms with Gasteiger partial charge in [-0.1, -0.05) is 0 Å². The summed E-state index contributed by atoms with van der Waals surface area (Å²) in [6.45, 7) is 2.77. The second-order valence-corrected chi connectivity index (χ2v) is 5.42. The molecule has 1 aromatic heterocycles. The number of benzene rings is 1. The molecule has 1 N–H and O–H groups in total. The van der Waals surface area contributed by atoms with Crippen molar-refractivity contribution in [1.29, 1.82) is 0 Å². The van der Waals surface area contributed by atoms with Crippen LogP contribution in [0, 0.1) is 0 Å². The summed E-state index contributed by atoms with van der Waals surface area (Å²) in [6.07, 6.45) is 1.01. The minimum atomic E-state index is -0.493. The highest BCUT2D eigenvalue weighted by Gasteiger charge is 2.23. The summed E-state index contributed by atoms with van der Waals surface area (Å²) in [6, 6.07) is 10.9. The summed E-state index contributed by atoms with van der Waals surface area (Å²) in [5.41, 5.74) is 1.73. The molecule has 1 aliphatic heterocycles. The molecule has 1 saturated heterocycles. The van der Waals surface area contributed by atoms with Crippen LogP contribution in [0.3, 0.4) is 0 Å². The van der Waals surface area contributed by atoms with E-state index in [1.54, 1.807) is 17.0 Å². The van der Waals surface area contributed by atoms with E-state index in [1.165, 1.54) is 13.4 Å². The fourth-order valence-electron chi connectivity index (χ4n) is 2.65. The number of nitrogens with zero attached hydrogens (tertiary/aromatic N) is 2. The van der Waals surface area contributed by atoms with E-state index < -0.39 is 6.09 Å². The van der Waals surface area contributed by atoms with Crippen LogP contribution in [0.5, 0.6) is 0 Å². The molecular formula is C17H19N3O4. The number of ether oxygens (including phenoxy) is 1. The number of piperazine rings is 1. The lowest BCUT2D eigenvalue weighted by molar-refractivity contribution is 0.0714. The lowest BCUT2D eigenvalue weighted by Gasteiger charge is -2.35. The molecule has 1 fully saturated rings. The number of anilines is 2. The zero-order chi connectivity index (χ0) is 16.9. The normalized spacial score (nSPS) is 14.4. The van der Waals surface area contributed by atoms with Crippen molar-refractivity contribution in [3.8, 4) is 0 Å². The Labute approximate surface area is 139 Å². The smallest absolute Gasteiger partial charge is 0.411 e. The first-order chi connectivity index (χ1) is 11.7. The molecule has 0 aliphatic carbocycles. The van der Waals surface area contributed by atoms with E-state index in [-0.39, 0.29) is 5.91 Å². The summed E-state index contributed by atoms with van der Waals surface area (Å²) in [7, 11) is 1.33. The van der Waals surface area contributed by atoms with Crippen LogP contribution in [-0.4, -0.2) is 50.2 Å². The lowest BCUT2D eigenvalue weighted by Crippen LogP contribution is -2.48. The molecule has 126 valence electrons. The number of carbonyl (C=O) groups excluding carboxylic acids is 2.